The lowest BCUT2D eigenvalue weighted by Crippen LogP contribution is -2.49. The van der Waals surface area contributed by atoms with Crippen LogP contribution in [0.25, 0.3) is 0 Å². The standard InChI is InChI=1S/C15H17NO2/c17-12-10-15(8-4-5-9-15)13(14(18)16-12)11-6-2-1-3-7-11/h1-3,6-7,13H,4-5,8-10H2,(H,16,17,18). The Bertz CT molecular complexity index is 475. The highest BCUT2D eigenvalue weighted by molar-refractivity contribution is 6.02. The molecule has 1 heterocycles. The zero-order valence-corrected chi connectivity index (χ0v) is 10.3. The Morgan fingerprint density at radius 1 is 1.06 bits per heavy atom. The van der Waals surface area contributed by atoms with E-state index in [1.165, 1.54) is 0 Å². The Balaban J connectivity index is 2.03. The van der Waals surface area contributed by atoms with Crippen LogP contribution in [0.15, 0.2) is 30.3 Å². The highest BCUT2D eigenvalue weighted by Crippen LogP contribution is 2.52. The molecule has 2 aliphatic rings. The molecule has 2 amide bonds. The van der Waals surface area contributed by atoms with E-state index in [4.69, 9.17) is 0 Å². The first-order valence-corrected chi connectivity index (χ1v) is 6.60. The fourth-order valence-corrected chi connectivity index (χ4v) is 3.65. The summed E-state index contributed by atoms with van der Waals surface area (Å²) in [5.41, 5.74) is 0.922. The minimum atomic E-state index is -0.154. The van der Waals surface area contributed by atoms with E-state index in [1.54, 1.807) is 0 Å². The van der Waals surface area contributed by atoms with E-state index in [-0.39, 0.29) is 23.1 Å². The number of hydrogen-bond acceptors (Lipinski definition) is 2. The molecule has 94 valence electrons. The molecule has 1 aromatic carbocycles. The second-order valence-electron chi connectivity index (χ2n) is 5.50. The summed E-state index contributed by atoms with van der Waals surface area (Å²) >= 11 is 0. The lowest BCUT2D eigenvalue weighted by Gasteiger charge is -2.40. The number of carbonyl (C=O) groups is 2. The van der Waals surface area contributed by atoms with Crippen LogP contribution in [0.4, 0.5) is 0 Å². The molecule has 18 heavy (non-hydrogen) atoms. The predicted octanol–water partition coefficient (Wildman–Crippen LogP) is 2.38. The molecule has 1 aromatic rings. The second-order valence-corrected chi connectivity index (χ2v) is 5.50. The quantitative estimate of drug-likeness (QED) is 0.770. The van der Waals surface area contributed by atoms with Crippen molar-refractivity contribution in [3.05, 3.63) is 35.9 Å². The van der Waals surface area contributed by atoms with Gasteiger partial charge in [-0.1, -0.05) is 43.2 Å². The Kier molecular flexibility index (Phi) is 2.69. The van der Waals surface area contributed by atoms with Gasteiger partial charge < -0.3 is 0 Å². The van der Waals surface area contributed by atoms with Crippen LogP contribution in [0.2, 0.25) is 0 Å². The van der Waals surface area contributed by atoms with Crippen molar-refractivity contribution in [1.82, 2.24) is 5.32 Å². The summed E-state index contributed by atoms with van der Waals surface area (Å²) < 4.78 is 0. The van der Waals surface area contributed by atoms with Gasteiger partial charge >= 0.3 is 0 Å². The van der Waals surface area contributed by atoms with E-state index >= 15 is 0 Å². The van der Waals surface area contributed by atoms with Crippen molar-refractivity contribution < 1.29 is 9.59 Å². The number of imide groups is 1. The molecule has 1 spiro atoms. The van der Waals surface area contributed by atoms with Crippen LogP contribution >= 0.6 is 0 Å². The molecule has 0 bridgehead atoms. The molecule has 1 N–H and O–H groups in total. The fourth-order valence-electron chi connectivity index (χ4n) is 3.65. The Hall–Kier alpha value is -1.64. The maximum Gasteiger partial charge on any atom is 0.234 e. The highest BCUT2D eigenvalue weighted by atomic mass is 16.2. The molecule has 1 aliphatic heterocycles. The van der Waals surface area contributed by atoms with Gasteiger partial charge in [-0.05, 0) is 23.8 Å². The van der Waals surface area contributed by atoms with Crippen LogP contribution in [-0.4, -0.2) is 11.8 Å². The smallest absolute Gasteiger partial charge is 0.234 e. The molecule has 2 fully saturated rings. The maximum absolute atomic E-state index is 12.2. The SMILES string of the molecule is O=C1CC2(CCCC2)C(c2ccccc2)C(=O)N1. The van der Waals surface area contributed by atoms with Crippen LogP contribution in [-0.2, 0) is 9.59 Å². The molecule has 1 atom stereocenters. The normalized spacial score (nSPS) is 26.3. The summed E-state index contributed by atoms with van der Waals surface area (Å²) in [5, 5.41) is 2.50. The van der Waals surface area contributed by atoms with E-state index in [9.17, 15) is 9.59 Å². The van der Waals surface area contributed by atoms with Crippen molar-refractivity contribution in [2.24, 2.45) is 5.41 Å². The van der Waals surface area contributed by atoms with Crippen molar-refractivity contribution in [3.63, 3.8) is 0 Å². The van der Waals surface area contributed by atoms with E-state index < -0.39 is 0 Å². The lowest BCUT2D eigenvalue weighted by atomic mass is 9.66. The highest BCUT2D eigenvalue weighted by Gasteiger charge is 2.50. The van der Waals surface area contributed by atoms with Crippen molar-refractivity contribution in [1.29, 1.82) is 0 Å². The summed E-state index contributed by atoms with van der Waals surface area (Å²) in [5.74, 6) is -0.368. The van der Waals surface area contributed by atoms with Gasteiger partial charge in [0.2, 0.25) is 11.8 Å². The summed E-state index contributed by atoms with van der Waals surface area (Å²) in [6, 6.07) is 9.88. The number of rotatable bonds is 1. The number of nitrogens with one attached hydrogen (secondary N) is 1. The van der Waals surface area contributed by atoms with E-state index in [1.807, 2.05) is 30.3 Å². The Morgan fingerprint density at radius 3 is 2.39 bits per heavy atom. The lowest BCUT2D eigenvalue weighted by molar-refractivity contribution is -0.139. The third kappa shape index (κ3) is 1.74. The summed E-state index contributed by atoms with van der Waals surface area (Å²) in [6.07, 6.45) is 4.74. The number of piperidine rings is 1. The number of amides is 2. The van der Waals surface area contributed by atoms with Crippen LogP contribution in [0.5, 0.6) is 0 Å². The van der Waals surface area contributed by atoms with E-state index in [0.717, 1.165) is 31.2 Å². The fraction of sp³-hybridized carbons (Fsp3) is 0.467. The molecule has 0 aromatic heterocycles. The van der Waals surface area contributed by atoms with E-state index in [0.29, 0.717) is 6.42 Å². The van der Waals surface area contributed by atoms with Gasteiger partial charge in [-0.3, -0.25) is 14.9 Å². The van der Waals surface area contributed by atoms with Crippen LogP contribution < -0.4 is 5.32 Å². The second kappa shape index (κ2) is 4.23. The Labute approximate surface area is 107 Å². The van der Waals surface area contributed by atoms with Gasteiger partial charge in [-0.2, -0.15) is 0 Å². The monoisotopic (exact) mass is 243 g/mol. The molecular weight excluding hydrogens is 226 g/mol. The molecule has 0 radical (unpaired) electrons. The minimum Gasteiger partial charge on any atom is -0.296 e. The number of hydrogen-bond donors (Lipinski definition) is 1. The largest absolute Gasteiger partial charge is 0.296 e. The number of carbonyl (C=O) groups excluding carboxylic acids is 2. The third-order valence-electron chi connectivity index (χ3n) is 4.38. The van der Waals surface area contributed by atoms with Gasteiger partial charge in [-0.25, -0.2) is 0 Å². The third-order valence-corrected chi connectivity index (χ3v) is 4.38. The van der Waals surface area contributed by atoms with Crippen LogP contribution in [0, 0.1) is 5.41 Å². The van der Waals surface area contributed by atoms with Crippen LogP contribution in [0.3, 0.4) is 0 Å². The topological polar surface area (TPSA) is 46.2 Å². The van der Waals surface area contributed by atoms with Gasteiger partial charge in [0.1, 0.15) is 0 Å². The summed E-state index contributed by atoms with van der Waals surface area (Å²) in [6.45, 7) is 0. The van der Waals surface area contributed by atoms with Gasteiger partial charge in [0.15, 0.2) is 0 Å². The molecule has 1 aliphatic carbocycles. The first-order chi connectivity index (χ1) is 8.71. The van der Waals surface area contributed by atoms with Crippen molar-refractivity contribution in [2.45, 2.75) is 38.0 Å². The first kappa shape index (κ1) is 11.5. The van der Waals surface area contributed by atoms with Gasteiger partial charge in [0, 0.05) is 6.42 Å². The van der Waals surface area contributed by atoms with E-state index in [2.05, 4.69) is 5.32 Å². The molecule has 1 unspecified atom stereocenters. The molecule has 3 nitrogen and oxygen atoms in total. The maximum atomic E-state index is 12.2. The predicted molar refractivity (Wildman–Crippen MR) is 67.9 cm³/mol. The molecule has 3 heteroatoms. The van der Waals surface area contributed by atoms with Crippen molar-refractivity contribution >= 4 is 11.8 Å². The zero-order valence-electron chi connectivity index (χ0n) is 10.3. The first-order valence-electron chi connectivity index (χ1n) is 6.60. The van der Waals surface area contributed by atoms with Crippen molar-refractivity contribution in [3.8, 4) is 0 Å². The summed E-state index contributed by atoms with van der Waals surface area (Å²) in [7, 11) is 0. The molecule has 3 rings (SSSR count). The molecule has 1 saturated carbocycles. The zero-order chi connectivity index (χ0) is 12.6. The summed E-state index contributed by atoms with van der Waals surface area (Å²) in [4.78, 5) is 23.9. The Morgan fingerprint density at radius 2 is 1.72 bits per heavy atom. The van der Waals surface area contributed by atoms with Crippen LogP contribution in [0.1, 0.15) is 43.6 Å². The minimum absolute atomic E-state index is 0.103. The van der Waals surface area contributed by atoms with Gasteiger partial charge in [-0.15, -0.1) is 0 Å². The number of benzene rings is 1. The average Bonchev–Trinajstić information content (AvgIpc) is 2.78. The molecular formula is C15H17NO2. The van der Waals surface area contributed by atoms with Gasteiger partial charge in [0.25, 0.3) is 0 Å². The molecule has 1 saturated heterocycles. The average molecular weight is 243 g/mol. The van der Waals surface area contributed by atoms with Crippen molar-refractivity contribution in [2.75, 3.05) is 0 Å². The van der Waals surface area contributed by atoms with Gasteiger partial charge in [0.05, 0.1) is 5.92 Å².